The summed E-state index contributed by atoms with van der Waals surface area (Å²) in [6.07, 6.45) is 2.01. The van der Waals surface area contributed by atoms with Gasteiger partial charge in [0.05, 0.1) is 17.1 Å². The summed E-state index contributed by atoms with van der Waals surface area (Å²) >= 11 is 1.57. The van der Waals surface area contributed by atoms with Crippen LogP contribution < -0.4 is 11.0 Å². The van der Waals surface area contributed by atoms with Crippen molar-refractivity contribution in [3.63, 3.8) is 0 Å². The van der Waals surface area contributed by atoms with E-state index in [-0.39, 0.29) is 17.6 Å². The van der Waals surface area contributed by atoms with E-state index < -0.39 is 0 Å². The number of nitrogens with one attached hydrogen (secondary N) is 1. The van der Waals surface area contributed by atoms with Gasteiger partial charge in [-0.25, -0.2) is 9.48 Å². The minimum absolute atomic E-state index is 0.118. The fourth-order valence-electron chi connectivity index (χ4n) is 3.60. The van der Waals surface area contributed by atoms with Crippen LogP contribution in [0.4, 0.5) is 0 Å². The lowest BCUT2D eigenvalue weighted by Gasteiger charge is -2.04. The Kier molecular flexibility index (Phi) is 5.03. The fourth-order valence-corrected chi connectivity index (χ4v) is 4.30. The van der Waals surface area contributed by atoms with E-state index in [0.29, 0.717) is 24.6 Å². The van der Waals surface area contributed by atoms with E-state index in [4.69, 9.17) is 0 Å². The van der Waals surface area contributed by atoms with Gasteiger partial charge in [-0.3, -0.25) is 14.0 Å². The van der Waals surface area contributed by atoms with Gasteiger partial charge in [0.25, 0.3) is 5.91 Å². The number of nitrogens with zero attached hydrogens (tertiary/aromatic N) is 5. The third-order valence-electron chi connectivity index (χ3n) is 5.32. The smallest absolute Gasteiger partial charge is 0.346 e. The summed E-state index contributed by atoms with van der Waals surface area (Å²) in [5.74, 6) is 0.485. The highest BCUT2D eigenvalue weighted by Gasteiger charge is 2.30. The van der Waals surface area contributed by atoms with E-state index >= 15 is 0 Å². The van der Waals surface area contributed by atoms with Crippen LogP contribution in [0.3, 0.4) is 0 Å². The van der Waals surface area contributed by atoms with Crippen molar-refractivity contribution >= 4 is 17.2 Å². The molecule has 8 nitrogen and oxygen atoms in total. The molecule has 0 radical (unpaired) electrons. The van der Waals surface area contributed by atoms with Gasteiger partial charge in [0.2, 0.25) is 0 Å². The van der Waals surface area contributed by atoms with Crippen LogP contribution in [0, 0.1) is 0 Å². The van der Waals surface area contributed by atoms with Crippen LogP contribution in [0.1, 0.15) is 29.4 Å². The van der Waals surface area contributed by atoms with Gasteiger partial charge in [-0.15, -0.1) is 16.4 Å². The lowest BCUT2D eigenvalue weighted by molar-refractivity contribution is 0.0942. The zero-order chi connectivity index (χ0) is 21.4. The molecule has 1 amide bonds. The molecule has 3 aromatic heterocycles. The molecular weight excluding hydrogens is 412 g/mol. The van der Waals surface area contributed by atoms with Gasteiger partial charge in [0, 0.05) is 25.2 Å². The molecular formula is C22H22N6O2S. The molecule has 1 saturated carbocycles. The Balaban J connectivity index is 1.29. The molecule has 5 rings (SSSR count). The second kappa shape index (κ2) is 7.99. The molecule has 0 aliphatic heterocycles. The van der Waals surface area contributed by atoms with E-state index in [0.717, 1.165) is 29.0 Å². The minimum Gasteiger partial charge on any atom is -0.349 e. The van der Waals surface area contributed by atoms with Crippen molar-refractivity contribution in [3.05, 3.63) is 70.1 Å². The second-order valence-corrected chi connectivity index (χ2v) is 8.52. The topological polar surface area (TPSA) is 86.7 Å². The standard InChI is InChI=1S/C22H22N6O2S/c1-26-18(14-17(24-26)15-6-3-2-4-7-15)21(29)23-11-12-27-22(30)28(16-9-10-16)20(25-27)19-8-5-13-31-19/h2-8,13-14,16H,9-12H2,1H3,(H,23,29). The summed E-state index contributed by atoms with van der Waals surface area (Å²) in [4.78, 5) is 26.5. The third-order valence-corrected chi connectivity index (χ3v) is 6.18. The average molecular weight is 435 g/mol. The lowest BCUT2D eigenvalue weighted by Crippen LogP contribution is -2.32. The van der Waals surface area contributed by atoms with Crippen LogP contribution in [0.15, 0.2) is 58.7 Å². The van der Waals surface area contributed by atoms with Crippen LogP contribution in [0.25, 0.3) is 22.0 Å². The predicted molar refractivity (Wildman–Crippen MR) is 119 cm³/mol. The molecule has 4 aromatic rings. The number of aromatic nitrogens is 5. The van der Waals surface area contributed by atoms with Crippen molar-refractivity contribution in [1.29, 1.82) is 0 Å². The first kappa shape index (κ1) is 19.5. The van der Waals surface area contributed by atoms with Crippen molar-refractivity contribution in [1.82, 2.24) is 29.4 Å². The summed E-state index contributed by atoms with van der Waals surface area (Å²) in [5, 5.41) is 13.9. The fraction of sp³-hybridized carbons (Fsp3) is 0.273. The highest BCUT2D eigenvalue weighted by Crippen LogP contribution is 2.37. The molecule has 0 spiro atoms. The number of aryl methyl sites for hydroxylation is 1. The molecule has 1 N–H and O–H groups in total. The first-order valence-electron chi connectivity index (χ1n) is 10.2. The number of amides is 1. The number of hydrogen-bond acceptors (Lipinski definition) is 5. The van der Waals surface area contributed by atoms with Gasteiger partial charge >= 0.3 is 5.69 Å². The molecule has 1 aliphatic rings. The number of benzene rings is 1. The normalized spacial score (nSPS) is 13.5. The maximum absolute atomic E-state index is 12.9. The summed E-state index contributed by atoms with van der Waals surface area (Å²) in [6.45, 7) is 0.613. The van der Waals surface area contributed by atoms with Crippen molar-refractivity contribution in [2.24, 2.45) is 7.05 Å². The van der Waals surface area contributed by atoms with E-state index in [2.05, 4.69) is 15.5 Å². The van der Waals surface area contributed by atoms with E-state index in [1.54, 1.807) is 33.7 Å². The van der Waals surface area contributed by atoms with Crippen molar-refractivity contribution in [2.75, 3.05) is 6.54 Å². The van der Waals surface area contributed by atoms with Crippen LogP contribution >= 0.6 is 11.3 Å². The predicted octanol–water partition coefficient (Wildman–Crippen LogP) is 2.94. The molecule has 31 heavy (non-hydrogen) atoms. The second-order valence-electron chi connectivity index (χ2n) is 7.57. The van der Waals surface area contributed by atoms with Crippen molar-refractivity contribution in [2.45, 2.75) is 25.4 Å². The Morgan fingerprint density at radius 1 is 1.16 bits per heavy atom. The highest BCUT2D eigenvalue weighted by molar-refractivity contribution is 7.13. The van der Waals surface area contributed by atoms with Gasteiger partial charge in [0.1, 0.15) is 5.69 Å². The summed E-state index contributed by atoms with van der Waals surface area (Å²) in [7, 11) is 1.75. The zero-order valence-corrected chi connectivity index (χ0v) is 17.9. The van der Waals surface area contributed by atoms with Crippen LogP contribution in [-0.2, 0) is 13.6 Å². The molecule has 1 aromatic carbocycles. The maximum Gasteiger partial charge on any atom is 0.346 e. The molecule has 9 heteroatoms. The summed E-state index contributed by atoms with van der Waals surface area (Å²) in [6, 6.07) is 15.7. The number of thiophene rings is 1. The SMILES string of the molecule is Cn1nc(-c2ccccc2)cc1C(=O)NCCn1nc(-c2cccs2)n(C2CC2)c1=O. The molecule has 0 bridgehead atoms. The van der Waals surface area contributed by atoms with Gasteiger partial charge in [0.15, 0.2) is 5.82 Å². The summed E-state index contributed by atoms with van der Waals surface area (Å²) < 4.78 is 4.81. The molecule has 158 valence electrons. The van der Waals surface area contributed by atoms with Gasteiger partial charge < -0.3 is 5.32 Å². The number of carbonyl (C=O) groups is 1. The Morgan fingerprint density at radius 3 is 2.68 bits per heavy atom. The third kappa shape index (κ3) is 3.84. The maximum atomic E-state index is 12.9. The van der Waals surface area contributed by atoms with Crippen LogP contribution in [-0.4, -0.2) is 36.6 Å². The van der Waals surface area contributed by atoms with Crippen molar-refractivity contribution < 1.29 is 4.79 Å². The monoisotopic (exact) mass is 434 g/mol. The van der Waals surface area contributed by atoms with Gasteiger partial charge in [-0.1, -0.05) is 36.4 Å². The molecule has 0 atom stereocenters. The average Bonchev–Trinajstić information content (AvgIpc) is 3.18. The molecule has 0 saturated heterocycles. The molecule has 0 unspecified atom stereocenters. The van der Waals surface area contributed by atoms with Crippen LogP contribution in [0.5, 0.6) is 0 Å². The van der Waals surface area contributed by atoms with Gasteiger partial charge in [-0.05, 0) is 30.4 Å². The molecule has 1 fully saturated rings. The first-order valence-corrected chi connectivity index (χ1v) is 11.1. The molecule has 1 aliphatic carbocycles. The first-order chi connectivity index (χ1) is 15.1. The largest absolute Gasteiger partial charge is 0.349 e. The zero-order valence-electron chi connectivity index (χ0n) is 17.1. The summed E-state index contributed by atoms with van der Waals surface area (Å²) in [5.41, 5.74) is 2.05. The Hall–Kier alpha value is -3.46. The van der Waals surface area contributed by atoms with E-state index in [1.807, 2.05) is 47.8 Å². The Bertz CT molecular complexity index is 1270. The van der Waals surface area contributed by atoms with E-state index in [1.165, 1.54) is 4.68 Å². The number of hydrogen-bond donors (Lipinski definition) is 1. The highest BCUT2D eigenvalue weighted by atomic mass is 32.1. The minimum atomic E-state index is -0.231. The number of rotatable bonds is 7. The van der Waals surface area contributed by atoms with Crippen molar-refractivity contribution in [3.8, 4) is 22.0 Å². The quantitative estimate of drug-likeness (QED) is 0.485. The van der Waals surface area contributed by atoms with Gasteiger partial charge in [-0.2, -0.15) is 5.10 Å². The lowest BCUT2D eigenvalue weighted by atomic mass is 10.1. The number of carbonyl (C=O) groups excluding carboxylic acids is 1. The Morgan fingerprint density at radius 2 is 1.97 bits per heavy atom. The van der Waals surface area contributed by atoms with Crippen LogP contribution in [0.2, 0.25) is 0 Å². The molecule has 3 heterocycles. The van der Waals surface area contributed by atoms with E-state index in [9.17, 15) is 9.59 Å². The Labute approximate surface area is 182 Å².